The molecule has 1 saturated carbocycles. The summed E-state index contributed by atoms with van der Waals surface area (Å²) in [5.41, 5.74) is -0.101. The van der Waals surface area contributed by atoms with E-state index in [2.05, 4.69) is 4.72 Å². The summed E-state index contributed by atoms with van der Waals surface area (Å²) in [6, 6.07) is 3.97. The topological polar surface area (TPSA) is 83.5 Å². The van der Waals surface area contributed by atoms with E-state index in [-0.39, 0.29) is 16.3 Å². The van der Waals surface area contributed by atoms with Crippen molar-refractivity contribution in [2.45, 2.75) is 18.1 Å². The number of sulfonamides is 1. The second-order valence-corrected chi connectivity index (χ2v) is 6.24. The van der Waals surface area contributed by atoms with Crippen LogP contribution in [0.2, 0.25) is 5.02 Å². The molecule has 17 heavy (non-hydrogen) atoms. The summed E-state index contributed by atoms with van der Waals surface area (Å²) in [7, 11) is -3.48. The van der Waals surface area contributed by atoms with Gasteiger partial charge in [-0.25, -0.2) is 13.2 Å². The van der Waals surface area contributed by atoms with Crippen LogP contribution in [0, 0.1) is 0 Å². The number of anilines is 1. The third-order valence-electron chi connectivity index (χ3n) is 2.43. The van der Waals surface area contributed by atoms with Gasteiger partial charge in [0.15, 0.2) is 0 Å². The maximum absolute atomic E-state index is 11.7. The lowest BCUT2D eigenvalue weighted by atomic mass is 10.2. The van der Waals surface area contributed by atoms with Crippen LogP contribution < -0.4 is 4.72 Å². The van der Waals surface area contributed by atoms with Crippen molar-refractivity contribution in [3.63, 3.8) is 0 Å². The van der Waals surface area contributed by atoms with E-state index in [0.29, 0.717) is 12.8 Å². The number of hydrogen-bond donors (Lipinski definition) is 2. The van der Waals surface area contributed by atoms with Gasteiger partial charge < -0.3 is 5.11 Å². The molecule has 5 nitrogen and oxygen atoms in total. The minimum absolute atomic E-state index is 0.0110. The Morgan fingerprint density at radius 1 is 1.41 bits per heavy atom. The van der Waals surface area contributed by atoms with Gasteiger partial charge in [-0.1, -0.05) is 11.6 Å². The minimum Gasteiger partial charge on any atom is -0.478 e. The van der Waals surface area contributed by atoms with E-state index in [4.69, 9.17) is 16.7 Å². The van der Waals surface area contributed by atoms with E-state index >= 15 is 0 Å². The van der Waals surface area contributed by atoms with Crippen molar-refractivity contribution < 1.29 is 18.3 Å². The van der Waals surface area contributed by atoms with Crippen molar-refractivity contribution >= 4 is 33.3 Å². The lowest BCUT2D eigenvalue weighted by molar-refractivity contribution is 0.0698. The zero-order valence-electron chi connectivity index (χ0n) is 8.68. The van der Waals surface area contributed by atoms with E-state index in [1.54, 1.807) is 0 Å². The van der Waals surface area contributed by atoms with E-state index in [1.807, 2.05) is 0 Å². The molecular weight excluding hydrogens is 266 g/mol. The van der Waals surface area contributed by atoms with Crippen LogP contribution >= 0.6 is 11.6 Å². The van der Waals surface area contributed by atoms with Crippen molar-refractivity contribution in [3.05, 3.63) is 28.8 Å². The highest BCUT2D eigenvalue weighted by Crippen LogP contribution is 2.31. The number of benzene rings is 1. The number of hydrogen-bond acceptors (Lipinski definition) is 3. The van der Waals surface area contributed by atoms with Crippen molar-refractivity contribution in [3.8, 4) is 0 Å². The van der Waals surface area contributed by atoms with Gasteiger partial charge in [0.2, 0.25) is 10.0 Å². The lowest BCUT2D eigenvalue weighted by Gasteiger charge is -2.10. The quantitative estimate of drug-likeness (QED) is 0.880. The first kappa shape index (κ1) is 12.2. The van der Waals surface area contributed by atoms with Crippen LogP contribution in [-0.2, 0) is 10.0 Å². The Bertz CT molecular complexity index is 566. The smallest absolute Gasteiger partial charge is 0.337 e. The van der Waals surface area contributed by atoms with Gasteiger partial charge in [-0.2, -0.15) is 0 Å². The third-order valence-corrected chi connectivity index (χ3v) is 4.52. The van der Waals surface area contributed by atoms with Crippen LogP contribution in [0.1, 0.15) is 23.2 Å². The van der Waals surface area contributed by atoms with Gasteiger partial charge in [0.05, 0.1) is 16.5 Å². The van der Waals surface area contributed by atoms with Crippen molar-refractivity contribution in [1.29, 1.82) is 0 Å². The fourth-order valence-corrected chi connectivity index (χ4v) is 2.97. The first-order valence-corrected chi connectivity index (χ1v) is 6.87. The number of nitrogens with one attached hydrogen (secondary N) is 1. The summed E-state index contributed by atoms with van der Waals surface area (Å²) >= 11 is 5.72. The average molecular weight is 276 g/mol. The van der Waals surface area contributed by atoms with Gasteiger partial charge in [0.1, 0.15) is 0 Å². The summed E-state index contributed by atoms with van der Waals surface area (Å²) in [5, 5.41) is 8.80. The Balaban J connectivity index is 2.37. The molecule has 0 amide bonds. The monoisotopic (exact) mass is 275 g/mol. The SMILES string of the molecule is O=C(O)c1ccc(Cl)cc1NS(=O)(=O)C1CC1. The highest BCUT2D eigenvalue weighted by molar-refractivity contribution is 7.93. The van der Waals surface area contributed by atoms with Gasteiger partial charge in [-0.15, -0.1) is 0 Å². The fourth-order valence-electron chi connectivity index (χ4n) is 1.40. The Morgan fingerprint density at radius 2 is 2.06 bits per heavy atom. The zero-order valence-corrected chi connectivity index (χ0v) is 10.3. The maximum atomic E-state index is 11.7. The fraction of sp³-hybridized carbons (Fsp3) is 0.300. The van der Waals surface area contributed by atoms with E-state index in [1.165, 1.54) is 18.2 Å². The molecule has 1 aliphatic rings. The number of carbonyl (C=O) groups is 1. The minimum atomic E-state index is -3.48. The largest absolute Gasteiger partial charge is 0.478 e. The number of halogens is 1. The molecule has 2 rings (SSSR count). The molecule has 1 fully saturated rings. The predicted octanol–water partition coefficient (Wildman–Crippen LogP) is 1.94. The zero-order chi connectivity index (χ0) is 12.6. The molecule has 7 heteroatoms. The molecule has 1 aromatic carbocycles. The van der Waals surface area contributed by atoms with Crippen molar-refractivity contribution in [2.75, 3.05) is 4.72 Å². The summed E-state index contributed by atoms with van der Waals surface area (Å²) in [6.45, 7) is 0. The molecule has 0 radical (unpaired) electrons. The predicted molar refractivity (Wildman–Crippen MR) is 64.0 cm³/mol. The molecule has 0 bridgehead atoms. The van der Waals surface area contributed by atoms with Crippen LogP contribution in [0.25, 0.3) is 0 Å². The Labute approximate surface area is 103 Å². The molecule has 0 aliphatic heterocycles. The maximum Gasteiger partial charge on any atom is 0.337 e. The lowest BCUT2D eigenvalue weighted by Crippen LogP contribution is -2.19. The first-order chi connectivity index (χ1) is 7.90. The van der Waals surface area contributed by atoms with Crippen LogP contribution in [0.3, 0.4) is 0 Å². The first-order valence-electron chi connectivity index (χ1n) is 4.94. The number of aromatic carboxylic acids is 1. The number of rotatable bonds is 4. The Morgan fingerprint density at radius 3 is 2.59 bits per heavy atom. The second kappa shape index (κ2) is 4.19. The summed E-state index contributed by atoms with van der Waals surface area (Å²) in [6.07, 6.45) is 1.22. The molecule has 0 atom stereocenters. The Hall–Kier alpha value is -1.27. The van der Waals surface area contributed by atoms with Crippen molar-refractivity contribution in [1.82, 2.24) is 0 Å². The molecular formula is C10H10ClNO4S. The van der Waals surface area contributed by atoms with Gasteiger partial charge in [0.25, 0.3) is 0 Å². The summed E-state index contributed by atoms with van der Waals surface area (Å²) < 4.78 is 25.7. The van der Waals surface area contributed by atoms with Crippen molar-refractivity contribution in [2.24, 2.45) is 0 Å². The molecule has 92 valence electrons. The highest BCUT2D eigenvalue weighted by Gasteiger charge is 2.36. The molecule has 0 unspecified atom stereocenters. The van der Waals surface area contributed by atoms with Crippen LogP contribution in [0.15, 0.2) is 18.2 Å². The second-order valence-electron chi connectivity index (χ2n) is 3.84. The number of carboxylic acids is 1. The van der Waals surface area contributed by atoms with Gasteiger partial charge >= 0.3 is 5.97 Å². The molecule has 2 N–H and O–H groups in total. The van der Waals surface area contributed by atoms with E-state index < -0.39 is 21.2 Å². The van der Waals surface area contributed by atoms with Crippen LogP contribution in [0.5, 0.6) is 0 Å². The summed E-state index contributed by atoms with van der Waals surface area (Å²) in [5.74, 6) is -1.20. The molecule has 0 aromatic heterocycles. The van der Waals surface area contributed by atoms with Crippen LogP contribution in [0.4, 0.5) is 5.69 Å². The van der Waals surface area contributed by atoms with Gasteiger partial charge in [-0.3, -0.25) is 4.72 Å². The molecule has 0 heterocycles. The molecule has 0 spiro atoms. The van der Waals surface area contributed by atoms with Gasteiger partial charge in [0, 0.05) is 5.02 Å². The molecule has 0 saturated heterocycles. The van der Waals surface area contributed by atoms with Gasteiger partial charge in [-0.05, 0) is 31.0 Å². The highest BCUT2D eigenvalue weighted by atomic mass is 35.5. The van der Waals surface area contributed by atoms with E-state index in [9.17, 15) is 13.2 Å². The average Bonchev–Trinajstić information content (AvgIpc) is 2.99. The molecule has 1 aromatic rings. The standard InChI is InChI=1S/C10H10ClNO4S/c11-6-1-4-8(10(13)14)9(5-6)12-17(15,16)7-2-3-7/h1,4-5,7,12H,2-3H2,(H,13,14). The normalized spacial score (nSPS) is 15.6. The Kier molecular flexibility index (Phi) is 3.01. The number of carboxylic acid groups (broad SMARTS) is 1. The van der Waals surface area contributed by atoms with Crippen LogP contribution in [-0.4, -0.2) is 24.7 Å². The van der Waals surface area contributed by atoms with E-state index in [0.717, 1.165) is 0 Å². The third kappa shape index (κ3) is 2.70. The summed E-state index contributed by atoms with van der Waals surface area (Å²) in [4.78, 5) is 10.9. The molecule has 1 aliphatic carbocycles.